The van der Waals surface area contributed by atoms with Gasteiger partial charge in [0.25, 0.3) is 0 Å². The van der Waals surface area contributed by atoms with E-state index in [-0.39, 0.29) is 32.1 Å². The van der Waals surface area contributed by atoms with Crippen LogP contribution in [-0.4, -0.2) is 54.3 Å². The van der Waals surface area contributed by atoms with E-state index in [1.807, 2.05) is 0 Å². The van der Waals surface area contributed by atoms with E-state index < -0.39 is 26.5 Å². The second-order valence-electron chi connectivity index (χ2n) is 15.3. The maximum atomic E-state index is 12.1. The van der Waals surface area contributed by atoms with Gasteiger partial charge in [0.05, 0.1) is 13.2 Å². The summed E-state index contributed by atoms with van der Waals surface area (Å²) in [6, 6.07) is 0. The topological polar surface area (TPSA) is 131 Å². The first kappa shape index (κ1) is 57.2. The number of unbranched alkanes of at least 4 members (excludes halogenated alkanes) is 16. The summed E-state index contributed by atoms with van der Waals surface area (Å²) in [5.74, 6) is -0.546. The van der Waals surface area contributed by atoms with Crippen molar-refractivity contribution < 1.29 is 37.9 Å². The smallest absolute Gasteiger partial charge is 0.463 e. The molecule has 60 heavy (non-hydrogen) atoms. The van der Waals surface area contributed by atoms with Crippen LogP contribution >= 0.6 is 7.82 Å². The zero-order chi connectivity index (χ0) is 43.9. The van der Waals surface area contributed by atoms with Crippen LogP contribution in [0.1, 0.15) is 187 Å². The minimum atomic E-state index is -4.43. The number of ether oxygens (including phenoxy) is 1. The number of allylic oxidation sites excluding steroid dienone is 14. The highest BCUT2D eigenvalue weighted by Gasteiger charge is 2.23. The fourth-order valence-electron chi connectivity index (χ4n) is 6.02. The predicted molar refractivity (Wildman–Crippen MR) is 252 cm³/mol. The van der Waals surface area contributed by atoms with Gasteiger partial charge in [0, 0.05) is 19.4 Å². The van der Waals surface area contributed by atoms with Crippen molar-refractivity contribution in [2.75, 3.05) is 26.4 Å². The monoisotopic (exact) mass is 860 g/mol. The molecule has 344 valence electrons. The van der Waals surface area contributed by atoms with Crippen LogP contribution in [0.25, 0.3) is 0 Å². The van der Waals surface area contributed by atoms with Gasteiger partial charge in [-0.05, 0) is 89.9 Å². The number of phosphoric acid groups is 1. The number of amides is 1. The Bertz CT molecular complexity index is 1250. The largest absolute Gasteiger partial charge is 0.472 e. The predicted octanol–water partition coefficient (Wildman–Crippen LogP) is 13.6. The second kappa shape index (κ2) is 45.7. The van der Waals surface area contributed by atoms with Gasteiger partial charge in [-0.15, -0.1) is 0 Å². The highest BCUT2D eigenvalue weighted by molar-refractivity contribution is 7.47. The fourth-order valence-corrected chi connectivity index (χ4v) is 6.78. The van der Waals surface area contributed by atoms with E-state index in [4.69, 9.17) is 13.8 Å². The maximum Gasteiger partial charge on any atom is 0.472 e. The molecule has 0 spiro atoms. The summed E-state index contributed by atoms with van der Waals surface area (Å²) in [7, 11) is -4.43. The molecule has 0 aromatic carbocycles. The first-order valence-electron chi connectivity index (χ1n) is 23.6. The lowest BCUT2D eigenvalue weighted by atomic mass is 10.1. The van der Waals surface area contributed by atoms with Gasteiger partial charge in [0.2, 0.25) is 5.91 Å². The summed E-state index contributed by atoms with van der Waals surface area (Å²) in [5.41, 5.74) is 0. The average Bonchev–Trinajstić information content (AvgIpc) is 3.23. The molecule has 0 saturated carbocycles. The molecule has 10 heteroatoms. The molecule has 0 aliphatic rings. The summed E-state index contributed by atoms with van der Waals surface area (Å²) in [6.45, 7) is 3.38. The molecular formula is C50H86NO8P. The number of aliphatic hydroxyl groups is 1. The van der Waals surface area contributed by atoms with E-state index in [1.165, 1.54) is 51.4 Å². The molecule has 2 unspecified atom stereocenters. The standard InChI is InChI=1S/C50H86NO8P/c1-3-5-7-9-11-13-15-17-19-21-22-23-24-25-26-27-29-31-33-35-37-39-41-43-50(54)57-46-48(52)47-59-60(55,56)58-45-44-51-49(53)42-40-38-36-34-32-30-28-20-18-16-14-12-10-8-6-4-2/h5,7,11,13-14,16-17,19-20,22-23,25-26,28,48,52H,3-4,6,8-10,12,15,18,21,24,27,29-47H2,1-2H3,(H,51,53)(H,55,56)/b7-5-,13-11-,16-14-,19-17-,23-22-,26-25-,28-20-. The number of hydrogen-bond donors (Lipinski definition) is 3. The van der Waals surface area contributed by atoms with E-state index in [1.54, 1.807) is 0 Å². The Morgan fingerprint density at radius 3 is 1.43 bits per heavy atom. The van der Waals surface area contributed by atoms with Crippen molar-refractivity contribution in [1.29, 1.82) is 0 Å². The molecule has 3 N–H and O–H groups in total. The minimum Gasteiger partial charge on any atom is -0.463 e. The molecule has 9 nitrogen and oxygen atoms in total. The van der Waals surface area contributed by atoms with Crippen molar-refractivity contribution in [3.05, 3.63) is 85.1 Å². The second-order valence-corrected chi connectivity index (χ2v) is 16.8. The van der Waals surface area contributed by atoms with Crippen LogP contribution in [-0.2, 0) is 27.9 Å². The first-order valence-corrected chi connectivity index (χ1v) is 25.1. The molecule has 0 fully saturated rings. The Morgan fingerprint density at radius 2 is 0.950 bits per heavy atom. The molecule has 0 rings (SSSR count). The number of aliphatic hydroxyl groups excluding tert-OH is 1. The number of phosphoric ester groups is 1. The SMILES string of the molecule is CC/C=C\C/C=C\C/C=C\C/C=C\C/C=C\CCCCCCCCCC(=O)OCC(O)COP(=O)(O)OCCNC(=O)CCCCCCC/C=C\C/C=C\CCCCCC. The third-order valence-electron chi connectivity index (χ3n) is 9.56. The first-order chi connectivity index (χ1) is 29.3. The van der Waals surface area contributed by atoms with Gasteiger partial charge in [-0.2, -0.15) is 0 Å². The lowest BCUT2D eigenvalue weighted by molar-refractivity contribution is -0.147. The fraction of sp³-hybridized carbons (Fsp3) is 0.680. The molecule has 0 aromatic heterocycles. The van der Waals surface area contributed by atoms with E-state index in [2.05, 4.69) is 104 Å². The van der Waals surface area contributed by atoms with Gasteiger partial charge in [0.1, 0.15) is 12.7 Å². The lowest BCUT2D eigenvalue weighted by Crippen LogP contribution is -2.27. The molecule has 2 atom stereocenters. The molecular weight excluding hydrogens is 774 g/mol. The summed E-state index contributed by atoms with van der Waals surface area (Å²) in [6.07, 6.45) is 57.9. The Balaban J connectivity index is 3.65. The number of hydrogen-bond acceptors (Lipinski definition) is 7. The van der Waals surface area contributed by atoms with Crippen molar-refractivity contribution >= 4 is 19.7 Å². The Morgan fingerprint density at radius 1 is 0.533 bits per heavy atom. The Kier molecular flexibility index (Phi) is 43.6. The Labute approximate surface area is 366 Å². The van der Waals surface area contributed by atoms with Crippen molar-refractivity contribution in [2.45, 2.75) is 193 Å². The number of esters is 1. The summed E-state index contributed by atoms with van der Waals surface area (Å²) in [5, 5.41) is 12.7. The minimum absolute atomic E-state index is 0.0685. The Hall–Kier alpha value is -2.81. The zero-order valence-electron chi connectivity index (χ0n) is 37.9. The van der Waals surface area contributed by atoms with Gasteiger partial charge in [0.15, 0.2) is 0 Å². The van der Waals surface area contributed by atoms with Crippen LogP contribution in [0.2, 0.25) is 0 Å². The quantitative estimate of drug-likeness (QED) is 0.0239. The number of rotatable bonds is 43. The molecule has 1 amide bonds. The molecule has 0 heterocycles. The van der Waals surface area contributed by atoms with Gasteiger partial charge >= 0.3 is 13.8 Å². The lowest BCUT2D eigenvalue weighted by Gasteiger charge is -2.15. The van der Waals surface area contributed by atoms with E-state index >= 15 is 0 Å². The van der Waals surface area contributed by atoms with Crippen molar-refractivity contribution in [2.24, 2.45) is 0 Å². The number of carbonyl (C=O) groups excluding carboxylic acids is 2. The zero-order valence-corrected chi connectivity index (χ0v) is 38.8. The van der Waals surface area contributed by atoms with E-state index in [9.17, 15) is 24.2 Å². The third kappa shape index (κ3) is 46.3. The summed E-state index contributed by atoms with van der Waals surface area (Å²) >= 11 is 0. The van der Waals surface area contributed by atoms with E-state index in [0.29, 0.717) is 6.42 Å². The van der Waals surface area contributed by atoms with Crippen molar-refractivity contribution in [3.8, 4) is 0 Å². The van der Waals surface area contributed by atoms with Crippen LogP contribution < -0.4 is 5.32 Å². The van der Waals surface area contributed by atoms with Crippen molar-refractivity contribution in [3.63, 3.8) is 0 Å². The summed E-state index contributed by atoms with van der Waals surface area (Å²) in [4.78, 5) is 34.0. The highest BCUT2D eigenvalue weighted by atomic mass is 31.2. The van der Waals surface area contributed by atoms with Gasteiger partial charge in [-0.25, -0.2) is 4.57 Å². The normalized spacial score (nSPS) is 14.0. The van der Waals surface area contributed by atoms with Gasteiger partial charge in [-0.3, -0.25) is 18.6 Å². The average molecular weight is 860 g/mol. The maximum absolute atomic E-state index is 12.1. The molecule has 0 bridgehead atoms. The van der Waals surface area contributed by atoms with Gasteiger partial charge < -0.3 is 20.1 Å². The number of carbonyl (C=O) groups is 2. The number of nitrogens with one attached hydrogen (secondary N) is 1. The third-order valence-corrected chi connectivity index (χ3v) is 10.5. The molecule has 0 aliphatic carbocycles. The van der Waals surface area contributed by atoms with Crippen LogP contribution in [0.3, 0.4) is 0 Å². The molecule has 0 aliphatic heterocycles. The van der Waals surface area contributed by atoms with Crippen LogP contribution in [0.4, 0.5) is 0 Å². The van der Waals surface area contributed by atoms with Crippen LogP contribution in [0, 0.1) is 0 Å². The summed E-state index contributed by atoms with van der Waals surface area (Å²) < 4.78 is 26.9. The molecule has 0 radical (unpaired) electrons. The van der Waals surface area contributed by atoms with Gasteiger partial charge in [-0.1, -0.05) is 170 Å². The van der Waals surface area contributed by atoms with Crippen LogP contribution in [0.15, 0.2) is 85.1 Å². The van der Waals surface area contributed by atoms with Crippen molar-refractivity contribution in [1.82, 2.24) is 5.32 Å². The molecule has 0 aromatic rings. The van der Waals surface area contributed by atoms with E-state index in [0.717, 1.165) is 109 Å². The van der Waals surface area contributed by atoms with Crippen LogP contribution in [0.5, 0.6) is 0 Å². The highest BCUT2D eigenvalue weighted by Crippen LogP contribution is 2.42. The molecule has 0 saturated heterocycles.